The Hall–Kier alpha value is -3.07. The molecule has 0 bridgehead atoms. The minimum absolute atomic E-state index is 0.0984. The Balaban J connectivity index is 1.76. The van der Waals surface area contributed by atoms with Gasteiger partial charge in [0.1, 0.15) is 5.75 Å². The summed E-state index contributed by atoms with van der Waals surface area (Å²) in [5.41, 5.74) is 1.10. The molecule has 0 aliphatic rings. The number of sulfone groups is 1. The van der Waals surface area contributed by atoms with Crippen LogP contribution in [0.15, 0.2) is 65.6 Å². The second-order valence-corrected chi connectivity index (χ2v) is 9.58. The Labute approximate surface area is 195 Å². The predicted octanol–water partition coefficient (Wildman–Crippen LogP) is 4.91. The van der Waals surface area contributed by atoms with Gasteiger partial charge in [-0.2, -0.15) is 0 Å². The van der Waals surface area contributed by atoms with Crippen LogP contribution in [0.1, 0.15) is 20.7 Å². The maximum Gasteiger partial charge on any atom is 0.255 e. The van der Waals surface area contributed by atoms with E-state index in [0.29, 0.717) is 17.0 Å². The lowest BCUT2D eigenvalue weighted by Gasteiger charge is -2.13. The third-order valence-electron chi connectivity index (χ3n) is 4.42. The fraction of sp³-hybridized carbons (Fsp3) is 0.0909. The number of rotatable bonds is 6. The molecule has 0 saturated carbocycles. The molecule has 3 aromatic rings. The summed E-state index contributed by atoms with van der Waals surface area (Å²) in [6.07, 6.45) is 1.08. The van der Waals surface area contributed by atoms with Gasteiger partial charge in [-0.15, -0.1) is 0 Å². The first-order valence-electron chi connectivity index (χ1n) is 9.14. The first-order chi connectivity index (χ1) is 15.1. The summed E-state index contributed by atoms with van der Waals surface area (Å²) in [6, 6.07) is 15.0. The van der Waals surface area contributed by atoms with Crippen LogP contribution in [0.3, 0.4) is 0 Å². The van der Waals surface area contributed by atoms with Crippen molar-refractivity contribution in [2.75, 3.05) is 24.0 Å². The van der Waals surface area contributed by atoms with E-state index in [0.717, 1.165) is 6.26 Å². The topological polar surface area (TPSA) is 102 Å². The Morgan fingerprint density at radius 2 is 1.44 bits per heavy atom. The van der Waals surface area contributed by atoms with Crippen LogP contribution in [0.5, 0.6) is 5.75 Å². The molecule has 10 heteroatoms. The lowest BCUT2D eigenvalue weighted by molar-refractivity contribution is 0.101. The summed E-state index contributed by atoms with van der Waals surface area (Å²) in [5.74, 6) is -0.378. The molecule has 0 aliphatic heterocycles. The van der Waals surface area contributed by atoms with Crippen LogP contribution in [0.2, 0.25) is 10.0 Å². The number of hydrogen-bond acceptors (Lipinski definition) is 5. The Morgan fingerprint density at radius 3 is 2.00 bits per heavy atom. The van der Waals surface area contributed by atoms with Gasteiger partial charge in [-0.05, 0) is 54.6 Å². The van der Waals surface area contributed by atoms with Crippen molar-refractivity contribution >= 4 is 56.2 Å². The molecule has 3 aromatic carbocycles. The monoisotopic (exact) mass is 492 g/mol. The van der Waals surface area contributed by atoms with Crippen molar-refractivity contribution in [3.63, 3.8) is 0 Å². The zero-order chi connectivity index (χ0) is 23.5. The highest BCUT2D eigenvalue weighted by Gasteiger charge is 2.16. The van der Waals surface area contributed by atoms with E-state index in [1.807, 2.05) is 0 Å². The van der Waals surface area contributed by atoms with Crippen LogP contribution in [-0.2, 0) is 9.84 Å². The lowest BCUT2D eigenvalue weighted by atomic mass is 10.2. The average molecular weight is 493 g/mol. The van der Waals surface area contributed by atoms with E-state index in [1.165, 1.54) is 43.5 Å². The highest BCUT2D eigenvalue weighted by Crippen LogP contribution is 2.34. The van der Waals surface area contributed by atoms with E-state index in [-0.39, 0.29) is 26.2 Å². The molecule has 0 atom stereocenters. The molecular formula is C22H18Cl2N2O5S. The van der Waals surface area contributed by atoms with Crippen molar-refractivity contribution in [3.05, 3.63) is 81.8 Å². The third kappa shape index (κ3) is 5.59. The molecule has 0 heterocycles. The van der Waals surface area contributed by atoms with E-state index >= 15 is 0 Å². The molecule has 0 unspecified atom stereocenters. The van der Waals surface area contributed by atoms with Gasteiger partial charge >= 0.3 is 0 Å². The van der Waals surface area contributed by atoms with Gasteiger partial charge in [0.05, 0.1) is 27.7 Å². The van der Waals surface area contributed by atoms with E-state index in [4.69, 9.17) is 27.9 Å². The van der Waals surface area contributed by atoms with E-state index in [1.54, 1.807) is 24.3 Å². The molecule has 0 fully saturated rings. The van der Waals surface area contributed by atoms with Crippen LogP contribution in [0, 0.1) is 0 Å². The molecule has 2 N–H and O–H groups in total. The molecule has 32 heavy (non-hydrogen) atoms. The highest BCUT2D eigenvalue weighted by molar-refractivity contribution is 7.90. The molecule has 0 saturated heterocycles. The number of hydrogen-bond donors (Lipinski definition) is 2. The fourth-order valence-corrected chi connectivity index (χ4v) is 3.98. The molecule has 3 rings (SSSR count). The zero-order valence-corrected chi connectivity index (χ0v) is 19.3. The van der Waals surface area contributed by atoms with Crippen molar-refractivity contribution in [2.45, 2.75) is 4.90 Å². The number of ether oxygens (including phenoxy) is 1. The first-order valence-corrected chi connectivity index (χ1v) is 11.8. The summed E-state index contributed by atoms with van der Waals surface area (Å²) in [7, 11) is -1.87. The number of halogens is 2. The molecule has 0 aromatic heterocycles. The van der Waals surface area contributed by atoms with Gasteiger partial charge in [0.15, 0.2) is 9.84 Å². The van der Waals surface area contributed by atoms with Gasteiger partial charge in [-0.25, -0.2) is 8.42 Å². The summed E-state index contributed by atoms with van der Waals surface area (Å²) < 4.78 is 28.2. The SMILES string of the molecule is COc1cccc(C(=O)Nc2cc(Cl)c(NC(=O)c3ccc(S(C)(=O)=O)cc3)c(Cl)c2)c1. The Bertz CT molecular complexity index is 1270. The highest BCUT2D eigenvalue weighted by atomic mass is 35.5. The summed E-state index contributed by atoms with van der Waals surface area (Å²) in [6.45, 7) is 0. The van der Waals surface area contributed by atoms with Crippen LogP contribution in [0.4, 0.5) is 11.4 Å². The van der Waals surface area contributed by atoms with Gasteiger partial charge in [-0.1, -0.05) is 29.3 Å². The molecule has 166 valence electrons. The molecular weight excluding hydrogens is 475 g/mol. The molecule has 7 nitrogen and oxygen atoms in total. The van der Waals surface area contributed by atoms with Crippen LogP contribution >= 0.6 is 23.2 Å². The summed E-state index contributed by atoms with van der Waals surface area (Å²) >= 11 is 12.6. The Morgan fingerprint density at radius 1 is 0.844 bits per heavy atom. The average Bonchev–Trinajstić information content (AvgIpc) is 2.75. The van der Waals surface area contributed by atoms with Gasteiger partial charge in [0.25, 0.3) is 11.8 Å². The maximum absolute atomic E-state index is 12.5. The molecule has 0 spiro atoms. The van der Waals surface area contributed by atoms with Crippen LogP contribution < -0.4 is 15.4 Å². The van der Waals surface area contributed by atoms with E-state index < -0.39 is 21.7 Å². The second-order valence-electron chi connectivity index (χ2n) is 6.75. The minimum atomic E-state index is -3.37. The normalized spacial score (nSPS) is 11.0. The number of amides is 2. The fourth-order valence-electron chi connectivity index (χ4n) is 2.77. The molecule has 2 amide bonds. The van der Waals surface area contributed by atoms with E-state index in [2.05, 4.69) is 10.6 Å². The van der Waals surface area contributed by atoms with Crippen molar-refractivity contribution in [2.24, 2.45) is 0 Å². The van der Waals surface area contributed by atoms with E-state index in [9.17, 15) is 18.0 Å². The maximum atomic E-state index is 12.5. The number of methoxy groups -OCH3 is 1. The third-order valence-corrected chi connectivity index (χ3v) is 6.14. The summed E-state index contributed by atoms with van der Waals surface area (Å²) in [5, 5.41) is 5.51. The van der Waals surface area contributed by atoms with Crippen LogP contribution in [0.25, 0.3) is 0 Å². The van der Waals surface area contributed by atoms with Gasteiger partial charge in [-0.3, -0.25) is 9.59 Å². The quantitative estimate of drug-likeness (QED) is 0.508. The summed E-state index contributed by atoms with van der Waals surface area (Å²) in [4.78, 5) is 25.1. The van der Waals surface area contributed by atoms with Gasteiger partial charge in [0.2, 0.25) is 0 Å². The molecule has 0 aliphatic carbocycles. The predicted molar refractivity (Wildman–Crippen MR) is 125 cm³/mol. The standard InChI is InChI=1S/C22H18Cl2N2O5S/c1-31-16-5-3-4-14(10-16)22(28)25-15-11-18(23)20(19(24)12-15)26-21(27)13-6-8-17(9-7-13)32(2,29)30/h3-12H,1-2H3,(H,25,28)(H,26,27). The zero-order valence-electron chi connectivity index (χ0n) is 17.0. The largest absolute Gasteiger partial charge is 0.497 e. The first kappa shape index (κ1) is 23.6. The van der Waals surface area contributed by atoms with Crippen molar-refractivity contribution < 1.29 is 22.7 Å². The smallest absolute Gasteiger partial charge is 0.255 e. The van der Waals surface area contributed by atoms with Gasteiger partial charge in [0, 0.05) is 23.1 Å². The number of carbonyl (C=O) groups is 2. The van der Waals surface area contributed by atoms with Crippen molar-refractivity contribution in [1.82, 2.24) is 0 Å². The number of benzene rings is 3. The number of carbonyl (C=O) groups excluding carboxylic acids is 2. The second kappa shape index (κ2) is 9.60. The molecule has 0 radical (unpaired) electrons. The van der Waals surface area contributed by atoms with Crippen molar-refractivity contribution in [1.29, 1.82) is 0 Å². The Kier molecular flexibility index (Phi) is 7.08. The van der Waals surface area contributed by atoms with Crippen molar-refractivity contribution in [3.8, 4) is 5.75 Å². The van der Waals surface area contributed by atoms with Gasteiger partial charge < -0.3 is 15.4 Å². The minimum Gasteiger partial charge on any atom is -0.497 e. The lowest BCUT2D eigenvalue weighted by Crippen LogP contribution is -2.14. The number of anilines is 2. The number of nitrogens with one attached hydrogen (secondary N) is 2. The van der Waals surface area contributed by atoms with Crippen LogP contribution in [-0.4, -0.2) is 33.6 Å².